The van der Waals surface area contributed by atoms with Gasteiger partial charge in [-0.2, -0.15) is 0 Å². The van der Waals surface area contributed by atoms with Crippen molar-refractivity contribution < 1.29 is 9.59 Å². The van der Waals surface area contributed by atoms with Gasteiger partial charge < -0.3 is 5.32 Å². The first-order valence-electron chi connectivity index (χ1n) is 8.61. The monoisotopic (exact) mass is 351 g/mol. The van der Waals surface area contributed by atoms with Gasteiger partial charge in [0.2, 0.25) is 5.91 Å². The Bertz CT molecular complexity index is 603. The molecule has 0 spiro atoms. The molecule has 4 saturated carbocycles. The number of thiophene rings is 1. The minimum atomic E-state index is 0.0163. The van der Waals surface area contributed by atoms with E-state index < -0.39 is 0 Å². The molecule has 5 heteroatoms. The van der Waals surface area contributed by atoms with E-state index in [9.17, 15) is 9.59 Å². The first kappa shape index (κ1) is 15.6. The van der Waals surface area contributed by atoms with E-state index in [2.05, 4.69) is 5.32 Å². The molecule has 1 amide bonds. The molecule has 0 radical (unpaired) electrons. The van der Waals surface area contributed by atoms with Crippen LogP contribution in [0.3, 0.4) is 0 Å². The first-order valence-corrected chi connectivity index (χ1v) is 9.80. The number of halogens is 1. The van der Waals surface area contributed by atoms with Crippen LogP contribution in [0.25, 0.3) is 0 Å². The predicted molar refractivity (Wildman–Crippen MR) is 91.9 cm³/mol. The Hall–Kier alpha value is -0.870. The minimum absolute atomic E-state index is 0.0163. The van der Waals surface area contributed by atoms with E-state index in [1.54, 1.807) is 12.1 Å². The molecule has 1 aromatic rings. The van der Waals surface area contributed by atoms with Gasteiger partial charge in [-0.3, -0.25) is 9.59 Å². The minimum Gasteiger partial charge on any atom is -0.351 e. The Morgan fingerprint density at radius 1 is 1.09 bits per heavy atom. The largest absolute Gasteiger partial charge is 0.351 e. The van der Waals surface area contributed by atoms with Crippen LogP contribution < -0.4 is 5.32 Å². The van der Waals surface area contributed by atoms with Crippen LogP contribution in [0.5, 0.6) is 0 Å². The van der Waals surface area contributed by atoms with Gasteiger partial charge in [-0.05, 0) is 68.4 Å². The van der Waals surface area contributed by atoms with Gasteiger partial charge in [-0.1, -0.05) is 11.6 Å². The second-order valence-corrected chi connectivity index (χ2v) is 9.49. The van der Waals surface area contributed by atoms with Crippen molar-refractivity contribution in [2.45, 2.75) is 56.9 Å². The molecule has 0 aliphatic heterocycles. The van der Waals surface area contributed by atoms with E-state index in [1.807, 2.05) is 0 Å². The molecule has 4 bridgehead atoms. The molecular weight excluding hydrogens is 330 g/mol. The maximum Gasteiger partial charge on any atom is 0.220 e. The summed E-state index contributed by atoms with van der Waals surface area (Å²) in [5, 5.41) is 3.32. The van der Waals surface area contributed by atoms with Crippen molar-refractivity contribution in [2.75, 3.05) is 0 Å². The average molecular weight is 352 g/mol. The van der Waals surface area contributed by atoms with Gasteiger partial charge in [0.15, 0.2) is 5.78 Å². The molecule has 4 aliphatic carbocycles. The molecule has 4 fully saturated rings. The van der Waals surface area contributed by atoms with E-state index in [4.69, 9.17) is 11.6 Å². The van der Waals surface area contributed by atoms with Gasteiger partial charge >= 0.3 is 0 Å². The highest BCUT2D eigenvalue weighted by molar-refractivity contribution is 7.18. The molecule has 0 saturated heterocycles. The molecule has 4 aliphatic rings. The first-order chi connectivity index (χ1) is 11.0. The number of ketones is 1. The number of hydrogen-bond acceptors (Lipinski definition) is 3. The highest BCUT2D eigenvalue weighted by Crippen LogP contribution is 2.55. The number of Topliss-reactive ketones (excluding diaryl/α,β-unsaturated/α-hetero) is 1. The molecule has 3 nitrogen and oxygen atoms in total. The van der Waals surface area contributed by atoms with Crippen LogP contribution in [0.15, 0.2) is 12.1 Å². The fourth-order valence-electron chi connectivity index (χ4n) is 5.44. The van der Waals surface area contributed by atoms with Crippen LogP contribution in [-0.4, -0.2) is 17.2 Å². The lowest BCUT2D eigenvalue weighted by molar-refractivity contribution is -0.126. The Morgan fingerprint density at radius 3 is 2.22 bits per heavy atom. The van der Waals surface area contributed by atoms with Crippen molar-refractivity contribution in [3.05, 3.63) is 21.3 Å². The Morgan fingerprint density at radius 2 is 1.70 bits per heavy atom. The van der Waals surface area contributed by atoms with Crippen molar-refractivity contribution in [3.8, 4) is 0 Å². The normalized spacial score (nSPS) is 34.6. The lowest BCUT2D eigenvalue weighted by atomic mass is 9.53. The number of rotatable bonds is 5. The SMILES string of the molecule is O=C(CCC(=O)c1ccc(Cl)s1)NC12CC3CC(CC(C3)C1)C2. The summed E-state index contributed by atoms with van der Waals surface area (Å²) < 4.78 is 0.617. The van der Waals surface area contributed by atoms with Crippen LogP contribution in [0.2, 0.25) is 4.34 Å². The van der Waals surface area contributed by atoms with Crippen molar-refractivity contribution in [1.29, 1.82) is 0 Å². The van der Waals surface area contributed by atoms with Gasteiger partial charge in [-0.25, -0.2) is 0 Å². The molecule has 5 rings (SSSR count). The fraction of sp³-hybridized carbons (Fsp3) is 0.667. The second kappa shape index (κ2) is 5.89. The number of amides is 1. The molecule has 1 aromatic heterocycles. The molecule has 1 heterocycles. The molecule has 0 aromatic carbocycles. The van der Waals surface area contributed by atoms with E-state index in [0.717, 1.165) is 37.0 Å². The zero-order chi connectivity index (χ0) is 16.0. The number of carbonyl (C=O) groups excluding carboxylic acids is 2. The van der Waals surface area contributed by atoms with Gasteiger partial charge in [0.05, 0.1) is 9.21 Å². The summed E-state index contributed by atoms with van der Waals surface area (Å²) in [7, 11) is 0. The third-order valence-electron chi connectivity index (χ3n) is 5.87. The summed E-state index contributed by atoms with van der Waals surface area (Å²) in [4.78, 5) is 25.1. The van der Waals surface area contributed by atoms with E-state index in [-0.39, 0.29) is 30.1 Å². The summed E-state index contributed by atoms with van der Waals surface area (Å²) in [6, 6.07) is 3.47. The Labute approximate surface area is 145 Å². The van der Waals surface area contributed by atoms with Gasteiger partial charge in [0, 0.05) is 18.4 Å². The van der Waals surface area contributed by atoms with Crippen LogP contribution in [0, 0.1) is 17.8 Å². The molecule has 0 atom stereocenters. The molecule has 1 N–H and O–H groups in total. The lowest BCUT2D eigenvalue weighted by Crippen LogP contribution is -2.59. The van der Waals surface area contributed by atoms with Crippen molar-refractivity contribution in [1.82, 2.24) is 5.32 Å². The fourth-order valence-corrected chi connectivity index (χ4v) is 6.45. The molecule has 0 unspecified atom stereocenters. The van der Waals surface area contributed by atoms with Crippen LogP contribution >= 0.6 is 22.9 Å². The van der Waals surface area contributed by atoms with E-state index >= 15 is 0 Å². The van der Waals surface area contributed by atoms with Gasteiger partial charge in [0.1, 0.15) is 0 Å². The van der Waals surface area contributed by atoms with E-state index in [0.29, 0.717) is 9.21 Å². The lowest BCUT2D eigenvalue weighted by Gasteiger charge is -2.56. The maximum absolute atomic E-state index is 12.4. The molecule has 124 valence electrons. The summed E-state index contributed by atoms with van der Waals surface area (Å²) in [5.41, 5.74) is 0.0428. The summed E-state index contributed by atoms with van der Waals surface area (Å²) in [6.07, 6.45) is 8.12. The maximum atomic E-state index is 12.4. The average Bonchev–Trinajstić information content (AvgIpc) is 2.89. The topological polar surface area (TPSA) is 46.2 Å². The number of hydrogen-bond donors (Lipinski definition) is 1. The third-order valence-corrected chi connectivity index (χ3v) is 7.14. The third kappa shape index (κ3) is 3.20. The quantitative estimate of drug-likeness (QED) is 0.796. The number of carbonyl (C=O) groups is 2. The smallest absolute Gasteiger partial charge is 0.220 e. The van der Waals surface area contributed by atoms with Crippen molar-refractivity contribution in [3.63, 3.8) is 0 Å². The highest BCUT2D eigenvalue weighted by atomic mass is 35.5. The zero-order valence-electron chi connectivity index (χ0n) is 13.1. The Balaban J connectivity index is 1.33. The standard InChI is InChI=1S/C18H22ClNO2S/c19-16-3-2-15(23-16)14(21)1-4-17(22)20-18-8-11-5-12(9-18)7-13(6-11)10-18/h2-3,11-13H,1,4-10H2,(H,20,22). The number of nitrogens with one attached hydrogen (secondary N) is 1. The molecular formula is C18H22ClNO2S. The van der Waals surface area contributed by atoms with Gasteiger partial charge in [0.25, 0.3) is 0 Å². The molecule has 23 heavy (non-hydrogen) atoms. The van der Waals surface area contributed by atoms with Crippen LogP contribution in [0.1, 0.15) is 61.0 Å². The zero-order valence-corrected chi connectivity index (χ0v) is 14.7. The second-order valence-electron chi connectivity index (χ2n) is 7.77. The highest BCUT2D eigenvalue weighted by Gasteiger charge is 2.51. The Kier molecular flexibility index (Phi) is 4.01. The van der Waals surface area contributed by atoms with E-state index in [1.165, 1.54) is 30.6 Å². The van der Waals surface area contributed by atoms with Crippen LogP contribution in [-0.2, 0) is 4.79 Å². The summed E-state index contributed by atoms with van der Waals surface area (Å²) >= 11 is 7.14. The van der Waals surface area contributed by atoms with Crippen molar-refractivity contribution >= 4 is 34.6 Å². The summed E-state index contributed by atoms with van der Waals surface area (Å²) in [5.74, 6) is 2.51. The van der Waals surface area contributed by atoms with Crippen LogP contribution in [0.4, 0.5) is 0 Å². The predicted octanol–water partition coefficient (Wildman–Crippen LogP) is 4.45. The van der Waals surface area contributed by atoms with Gasteiger partial charge in [-0.15, -0.1) is 11.3 Å². The van der Waals surface area contributed by atoms with Crippen molar-refractivity contribution in [2.24, 2.45) is 17.8 Å². The summed E-state index contributed by atoms with van der Waals surface area (Å²) in [6.45, 7) is 0.